The first kappa shape index (κ1) is 8.55. The average Bonchev–Trinajstić information content (AvgIpc) is 2.70. The summed E-state index contributed by atoms with van der Waals surface area (Å²) in [5, 5.41) is 13.0. The maximum atomic E-state index is 10.9. The van der Waals surface area contributed by atoms with Gasteiger partial charge in [0.25, 0.3) is 0 Å². The van der Waals surface area contributed by atoms with Crippen molar-refractivity contribution in [2.24, 2.45) is 7.05 Å². The van der Waals surface area contributed by atoms with Crippen LogP contribution in [-0.2, 0) is 7.05 Å². The van der Waals surface area contributed by atoms with Gasteiger partial charge in [0.15, 0.2) is 0 Å². The van der Waals surface area contributed by atoms with E-state index in [1.54, 1.807) is 25.5 Å². The summed E-state index contributed by atoms with van der Waals surface area (Å²) in [6.07, 6.45) is 4.94. The second-order valence-corrected chi connectivity index (χ2v) is 2.97. The Bertz CT molecular complexity index is 456. The molecule has 0 radical (unpaired) electrons. The Kier molecular flexibility index (Phi) is 1.85. The molecule has 72 valence electrons. The SMILES string of the molecule is Cn1cc(C(=O)O)c(-c2cc[nH]c2)n1. The van der Waals surface area contributed by atoms with Crippen LogP contribution in [0.15, 0.2) is 24.7 Å². The van der Waals surface area contributed by atoms with Crippen molar-refractivity contribution < 1.29 is 9.90 Å². The van der Waals surface area contributed by atoms with Crippen LogP contribution in [0.1, 0.15) is 10.4 Å². The highest BCUT2D eigenvalue weighted by atomic mass is 16.4. The van der Waals surface area contributed by atoms with Crippen molar-refractivity contribution in [3.05, 3.63) is 30.2 Å². The Balaban J connectivity index is 2.58. The third-order valence-electron chi connectivity index (χ3n) is 1.93. The van der Waals surface area contributed by atoms with Crippen LogP contribution in [0, 0.1) is 0 Å². The quantitative estimate of drug-likeness (QED) is 0.747. The highest BCUT2D eigenvalue weighted by Gasteiger charge is 2.15. The molecule has 0 aliphatic rings. The van der Waals surface area contributed by atoms with Crippen LogP contribution in [0.25, 0.3) is 11.3 Å². The van der Waals surface area contributed by atoms with Crippen LogP contribution in [0.3, 0.4) is 0 Å². The molecule has 0 atom stereocenters. The fourth-order valence-electron chi connectivity index (χ4n) is 1.33. The number of aryl methyl sites for hydroxylation is 1. The molecule has 0 saturated carbocycles. The largest absolute Gasteiger partial charge is 0.478 e. The van der Waals surface area contributed by atoms with Crippen molar-refractivity contribution in [3.63, 3.8) is 0 Å². The van der Waals surface area contributed by atoms with E-state index in [0.29, 0.717) is 5.69 Å². The summed E-state index contributed by atoms with van der Waals surface area (Å²) in [7, 11) is 1.70. The van der Waals surface area contributed by atoms with E-state index in [0.717, 1.165) is 5.56 Å². The molecule has 5 heteroatoms. The van der Waals surface area contributed by atoms with Crippen LogP contribution >= 0.6 is 0 Å². The summed E-state index contributed by atoms with van der Waals surface area (Å²) in [5.41, 5.74) is 1.48. The van der Waals surface area contributed by atoms with Gasteiger partial charge in [-0.3, -0.25) is 4.68 Å². The first-order chi connectivity index (χ1) is 6.68. The van der Waals surface area contributed by atoms with Crippen molar-refractivity contribution >= 4 is 5.97 Å². The Morgan fingerprint density at radius 1 is 1.64 bits per heavy atom. The van der Waals surface area contributed by atoms with E-state index in [4.69, 9.17) is 5.11 Å². The van der Waals surface area contributed by atoms with Crippen LogP contribution in [0.4, 0.5) is 0 Å². The normalized spacial score (nSPS) is 10.4. The molecule has 2 heterocycles. The summed E-state index contributed by atoms with van der Waals surface area (Å²) in [6.45, 7) is 0. The molecule has 2 aromatic heterocycles. The molecular formula is C9H9N3O2. The topological polar surface area (TPSA) is 70.9 Å². The summed E-state index contributed by atoms with van der Waals surface area (Å²) in [4.78, 5) is 13.7. The molecule has 0 spiro atoms. The number of nitrogens with zero attached hydrogens (tertiary/aromatic N) is 2. The van der Waals surface area contributed by atoms with Gasteiger partial charge in [-0.1, -0.05) is 0 Å². The molecule has 0 fully saturated rings. The minimum absolute atomic E-state index is 0.215. The molecule has 0 bridgehead atoms. The Morgan fingerprint density at radius 3 is 3.00 bits per heavy atom. The fraction of sp³-hybridized carbons (Fsp3) is 0.111. The lowest BCUT2D eigenvalue weighted by Gasteiger charge is -1.92. The van der Waals surface area contributed by atoms with Gasteiger partial charge >= 0.3 is 5.97 Å². The van der Waals surface area contributed by atoms with Crippen LogP contribution < -0.4 is 0 Å². The minimum atomic E-state index is -0.964. The molecule has 5 nitrogen and oxygen atoms in total. The number of aromatic amines is 1. The van der Waals surface area contributed by atoms with Gasteiger partial charge in [0.1, 0.15) is 11.3 Å². The Hall–Kier alpha value is -2.04. The maximum Gasteiger partial charge on any atom is 0.339 e. The number of H-pyrrole nitrogens is 1. The smallest absolute Gasteiger partial charge is 0.339 e. The number of rotatable bonds is 2. The minimum Gasteiger partial charge on any atom is -0.478 e. The number of carbonyl (C=O) groups is 1. The van der Waals surface area contributed by atoms with Gasteiger partial charge in [0.05, 0.1) is 0 Å². The summed E-state index contributed by atoms with van der Waals surface area (Å²) < 4.78 is 1.49. The first-order valence-electron chi connectivity index (χ1n) is 4.08. The predicted octanol–water partition coefficient (Wildman–Crippen LogP) is 1.11. The lowest BCUT2D eigenvalue weighted by molar-refractivity contribution is 0.0697. The predicted molar refractivity (Wildman–Crippen MR) is 50.0 cm³/mol. The third kappa shape index (κ3) is 1.28. The van der Waals surface area contributed by atoms with Crippen molar-refractivity contribution in [2.45, 2.75) is 0 Å². The molecule has 2 aromatic rings. The molecule has 0 aliphatic heterocycles. The molecule has 0 saturated heterocycles. The highest BCUT2D eigenvalue weighted by Crippen LogP contribution is 2.20. The molecule has 0 amide bonds. The zero-order chi connectivity index (χ0) is 10.1. The number of aromatic nitrogens is 3. The number of carboxylic acid groups (broad SMARTS) is 1. The van der Waals surface area contributed by atoms with Crippen LogP contribution in [0.5, 0.6) is 0 Å². The molecule has 14 heavy (non-hydrogen) atoms. The zero-order valence-corrected chi connectivity index (χ0v) is 7.56. The van der Waals surface area contributed by atoms with Crippen molar-refractivity contribution in [2.75, 3.05) is 0 Å². The van der Waals surface area contributed by atoms with E-state index in [1.165, 1.54) is 10.9 Å². The van der Waals surface area contributed by atoms with Crippen molar-refractivity contribution in [3.8, 4) is 11.3 Å². The van der Waals surface area contributed by atoms with Gasteiger partial charge in [-0.2, -0.15) is 5.10 Å². The molecule has 0 unspecified atom stereocenters. The number of nitrogens with one attached hydrogen (secondary N) is 1. The van der Waals surface area contributed by atoms with E-state index < -0.39 is 5.97 Å². The zero-order valence-electron chi connectivity index (χ0n) is 7.56. The fourth-order valence-corrected chi connectivity index (χ4v) is 1.33. The molecule has 0 aromatic carbocycles. The van der Waals surface area contributed by atoms with Gasteiger partial charge in [-0.15, -0.1) is 0 Å². The monoisotopic (exact) mass is 191 g/mol. The summed E-state index contributed by atoms with van der Waals surface area (Å²) in [6, 6.07) is 1.79. The Labute approximate surface area is 80.0 Å². The van der Waals surface area contributed by atoms with Crippen LogP contribution in [0.2, 0.25) is 0 Å². The first-order valence-corrected chi connectivity index (χ1v) is 4.08. The number of carboxylic acids is 1. The van der Waals surface area contributed by atoms with Crippen molar-refractivity contribution in [1.82, 2.24) is 14.8 Å². The Morgan fingerprint density at radius 2 is 2.43 bits per heavy atom. The lowest BCUT2D eigenvalue weighted by Crippen LogP contribution is -1.95. The molecular weight excluding hydrogens is 182 g/mol. The molecule has 2 rings (SSSR count). The third-order valence-corrected chi connectivity index (χ3v) is 1.93. The van der Waals surface area contributed by atoms with E-state index >= 15 is 0 Å². The summed E-state index contributed by atoms with van der Waals surface area (Å²) >= 11 is 0. The van der Waals surface area contributed by atoms with E-state index in [2.05, 4.69) is 10.1 Å². The van der Waals surface area contributed by atoms with Gasteiger partial charge in [0, 0.05) is 31.2 Å². The van der Waals surface area contributed by atoms with Gasteiger partial charge in [-0.25, -0.2) is 4.79 Å². The average molecular weight is 191 g/mol. The summed E-state index contributed by atoms with van der Waals surface area (Å²) in [5.74, 6) is -0.964. The number of aromatic carboxylic acids is 1. The van der Waals surface area contributed by atoms with Gasteiger partial charge in [-0.05, 0) is 6.07 Å². The van der Waals surface area contributed by atoms with E-state index in [1.807, 2.05) is 0 Å². The lowest BCUT2D eigenvalue weighted by atomic mass is 10.1. The van der Waals surface area contributed by atoms with Gasteiger partial charge < -0.3 is 10.1 Å². The van der Waals surface area contributed by atoms with E-state index in [-0.39, 0.29) is 5.56 Å². The highest BCUT2D eigenvalue weighted by molar-refractivity contribution is 5.94. The molecule has 2 N–H and O–H groups in total. The van der Waals surface area contributed by atoms with E-state index in [9.17, 15) is 4.79 Å². The standard InChI is InChI=1S/C9H9N3O2/c1-12-5-7(9(13)14)8(11-12)6-2-3-10-4-6/h2-5,10H,1H3,(H,13,14). The van der Waals surface area contributed by atoms with Crippen molar-refractivity contribution in [1.29, 1.82) is 0 Å². The van der Waals surface area contributed by atoms with Crippen LogP contribution in [-0.4, -0.2) is 25.8 Å². The molecule has 0 aliphatic carbocycles. The second kappa shape index (κ2) is 3.02. The number of hydrogen-bond donors (Lipinski definition) is 2. The van der Waals surface area contributed by atoms with Gasteiger partial charge in [0.2, 0.25) is 0 Å². The number of hydrogen-bond acceptors (Lipinski definition) is 2. The second-order valence-electron chi connectivity index (χ2n) is 2.97. The maximum absolute atomic E-state index is 10.9.